The van der Waals surface area contributed by atoms with Crippen molar-refractivity contribution in [3.63, 3.8) is 0 Å². The number of piperazine rings is 1. The number of aromatic nitrogens is 2. The molecule has 9 nitrogen and oxygen atoms in total. The quantitative estimate of drug-likeness (QED) is 0.353. The third kappa shape index (κ3) is 7.21. The van der Waals surface area contributed by atoms with Gasteiger partial charge in [0.05, 0.1) is 12.2 Å². The van der Waals surface area contributed by atoms with Gasteiger partial charge in [0.25, 0.3) is 0 Å². The lowest BCUT2D eigenvalue weighted by atomic mass is 10.2. The molecule has 2 aromatic heterocycles. The highest BCUT2D eigenvalue weighted by molar-refractivity contribution is 7.74. The average Bonchev–Trinajstić information content (AvgIpc) is 3.40. The fraction of sp³-hybridized carbons (Fsp3) is 0.417. The number of rotatable bonds is 10. The van der Waals surface area contributed by atoms with Gasteiger partial charge >= 0.3 is 0 Å². The molecular formula is C24H32N7O2S2-. The molecule has 0 amide bonds. The molecule has 11 heteroatoms. The number of benzene rings is 1. The van der Waals surface area contributed by atoms with Gasteiger partial charge in [-0.2, -0.15) is 15.6 Å². The van der Waals surface area contributed by atoms with E-state index in [4.69, 9.17) is 0 Å². The first-order valence-electron chi connectivity index (χ1n) is 11.7. The van der Waals surface area contributed by atoms with Crippen LogP contribution in [0.3, 0.4) is 0 Å². The molecule has 0 saturated carbocycles. The maximum atomic E-state index is 12.6. The zero-order valence-electron chi connectivity index (χ0n) is 20.1. The zero-order valence-corrected chi connectivity index (χ0v) is 21.7. The summed E-state index contributed by atoms with van der Waals surface area (Å²) >= 11 is 1.61. The summed E-state index contributed by atoms with van der Waals surface area (Å²) in [5.74, 6) is 1.09. The highest BCUT2D eigenvalue weighted by atomic mass is 32.2. The van der Waals surface area contributed by atoms with Crippen LogP contribution < -0.4 is 10.6 Å². The first kappa shape index (κ1) is 25.5. The van der Waals surface area contributed by atoms with Crippen molar-refractivity contribution >= 4 is 39.4 Å². The molecule has 1 aliphatic rings. The summed E-state index contributed by atoms with van der Waals surface area (Å²) < 4.78 is 16.9. The Kier molecular flexibility index (Phi) is 9.05. The minimum absolute atomic E-state index is 0.00429. The molecule has 0 aliphatic carbocycles. The summed E-state index contributed by atoms with van der Waals surface area (Å²) in [5.41, 5.74) is 1.67. The van der Waals surface area contributed by atoms with Crippen LogP contribution in [-0.4, -0.2) is 83.8 Å². The summed E-state index contributed by atoms with van der Waals surface area (Å²) in [5, 5.41) is 17.9. The van der Waals surface area contributed by atoms with Gasteiger partial charge in [-0.1, -0.05) is 23.1 Å². The van der Waals surface area contributed by atoms with E-state index in [1.165, 1.54) is 0 Å². The zero-order chi connectivity index (χ0) is 24.6. The van der Waals surface area contributed by atoms with E-state index in [-0.39, 0.29) is 12.6 Å². The smallest absolute Gasteiger partial charge is 0.229 e. The second-order valence-corrected chi connectivity index (χ2v) is 10.7. The fourth-order valence-corrected chi connectivity index (χ4v) is 5.14. The molecule has 1 aromatic carbocycles. The molecule has 188 valence electrons. The predicted octanol–water partition coefficient (Wildman–Crippen LogP) is 3.50. The van der Waals surface area contributed by atoms with Crippen LogP contribution in [0, 0.1) is 0 Å². The summed E-state index contributed by atoms with van der Waals surface area (Å²) in [6.07, 6.45) is 1.77. The Balaban J connectivity index is 1.39. The van der Waals surface area contributed by atoms with Crippen LogP contribution in [0.1, 0.15) is 6.92 Å². The van der Waals surface area contributed by atoms with E-state index in [1.54, 1.807) is 17.5 Å². The minimum atomic E-state index is -1.38. The van der Waals surface area contributed by atoms with E-state index in [0.29, 0.717) is 23.2 Å². The van der Waals surface area contributed by atoms with Crippen LogP contribution in [0.4, 0.5) is 17.5 Å². The summed E-state index contributed by atoms with van der Waals surface area (Å²) in [7, 11) is 0.749. The Hall–Kier alpha value is -2.57. The van der Waals surface area contributed by atoms with E-state index in [9.17, 15) is 9.32 Å². The van der Waals surface area contributed by atoms with Crippen LogP contribution in [0.5, 0.6) is 0 Å². The van der Waals surface area contributed by atoms with Crippen molar-refractivity contribution in [2.75, 3.05) is 63.6 Å². The van der Waals surface area contributed by atoms with Gasteiger partial charge in [-0.15, -0.1) is 11.3 Å². The molecule has 1 atom stereocenters. The largest absolute Gasteiger partial charge is 0.440 e. The summed E-state index contributed by atoms with van der Waals surface area (Å²) in [4.78, 5) is 15.5. The van der Waals surface area contributed by atoms with Crippen molar-refractivity contribution in [1.82, 2.24) is 19.8 Å². The molecule has 3 N–H and O–H groups in total. The highest BCUT2D eigenvalue weighted by Gasteiger charge is 2.13. The van der Waals surface area contributed by atoms with E-state index in [0.717, 1.165) is 48.9 Å². The maximum Gasteiger partial charge on any atom is 0.229 e. The van der Waals surface area contributed by atoms with Crippen LogP contribution >= 0.6 is 11.3 Å². The van der Waals surface area contributed by atoms with Gasteiger partial charge in [-0.05, 0) is 37.6 Å². The highest BCUT2D eigenvalue weighted by Crippen LogP contribution is 2.31. The van der Waals surface area contributed by atoms with Crippen LogP contribution in [0.2, 0.25) is 0 Å². The molecule has 35 heavy (non-hydrogen) atoms. The molecular weight excluding hydrogens is 482 g/mol. The van der Waals surface area contributed by atoms with Crippen molar-refractivity contribution in [3.05, 3.63) is 48.0 Å². The number of aliphatic hydroxyl groups excluding tert-OH is 1. The Morgan fingerprint density at radius 3 is 2.66 bits per heavy atom. The second kappa shape index (κ2) is 12.4. The molecule has 1 aliphatic heterocycles. The Morgan fingerprint density at radius 1 is 1.20 bits per heavy atom. The van der Waals surface area contributed by atoms with Crippen LogP contribution in [0.25, 0.3) is 10.4 Å². The minimum Gasteiger partial charge on any atom is -0.440 e. The number of likely N-dealkylation sites (N-methyl/N-ethyl adjacent to an activating group) is 1. The normalized spacial score (nSPS) is 16.8. The molecule has 0 bridgehead atoms. The standard InChI is InChI=1S/C24H32N7O2S2/c1-18(17-32)27-23-21(22-4-3-15-34-22)16-25-24(29-23)28-19-5-7-20(8-6-19)35(33)26-9-10-31-13-11-30(2)12-14-31/h3-8,15-16,18,32H,9-14,17H2,1-2H3,(H2,25,27,28,29)/q-1. The summed E-state index contributed by atoms with van der Waals surface area (Å²) in [6.45, 7) is 7.48. The molecule has 1 unspecified atom stereocenters. The van der Waals surface area contributed by atoms with Crippen molar-refractivity contribution in [2.45, 2.75) is 17.9 Å². The number of anilines is 3. The molecule has 1 fully saturated rings. The van der Waals surface area contributed by atoms with Gasteiger partial charge in [0, 0.05) is 62.1 Å². The Labute approximate surface area is 212 Å². The lowest BCUT2D eigenvalue weighted by Gasteiger charge is -2.32. The first-order valence-corrected chi connectivity index (χ1v) is 13.7. The third-order valence-corrected chi connectivity index (χ3v) is 7.76. The maximum absolute atomic E-state index is 12.6. The van der Waals surface area contributed by atoms with Crippen LogP contribution in [-0.2, 0) is 14.8 Å². The molecule has 3 aromatic rings. The summed E-state index contributed by atoms with van der Waals surface area (Å²) in [6, 6.07) is 11.2. The Bertz CT molecular complexity index is 1160. The van der Waals surface area contributed by atoms with Gasteiger partial charge in [-0.3, -0.25) is 4.90 Å². The van der Waals surface area contributed by atoms with Gasteiger partial charge in [0.15, 0.2) is 0 Å². The molecule has 1 saturated heterocycles. The Morgan fingerprint density at radius 2 is 1.97 bits per heavy atom. The van der Waals surface area contributed by atoms with Gasteiger partial charge in [0.1, 0.15) is 5.82 Å². The number of hydrogen-bond acceptors (Lipinski definition) is 11. The van der Waals surface area contributed by atoms with Crippen LogP contribution in [0.15, 0.2) is 57.2 Å². The lowest BCUT2D eigenvalue weighted by molar-refractivity contribution is 0.158. The predicted molar refractivity (Wildman–Crippen MR) is 143 cm³/mol. The second-order valence-electron chi connectivity index (χ2n) is 8.56. The van der Waals surface area contributed by atoms with Crippen molar-refractivity contribution in [1.29, 1.82) is 0 Å². The first-order chi connectivity index (χ1) is 17.0. The van der Waals surface area contributed by atoms with Gasteiger partial charge in [-0.25, -0.2) is 4.98 Å². The molecule has 4 rings (SSSR count). The van der Waals surface area contributed by atoms with Gasteiger partial charge < -0.3 is 29.2 Å². The molecule has 3 heterocycles. The van der Waals surface area contributed by atoms with E-state index in [2.05, 4.69) is 41.8 Å². The molecule has 0 spiro atoms. The number of aliphatic hydroxyl groups is 1. The van der Waals surface area contributed by atoms with Gasteiger partial charge in [0.2, 0.25) is 5.95 Å². The fourth-order valence-electron chi connectivity index (χ4n) is 3.64. The number of thiophene rings is 1. The number of hydrogen-bond donors (Lipinski definition) is 3. The monoisotopic (exact) mass is 514 g/mol. The van der Waals surface area contributed by atoms with E-state index >= 15 is 0 Å². The third-order valence-electron chi connectivity index (χ3n) is 5.77. The SMILES string of the molecule is CC(CO)Nc1nc(Nc2ccc([S-](=O)=NCCN3CCN(C)CC3)cc2)ncc1-c1cccs1. The van der Waals surface area contributed by atoms with Crippen molar-refractivity contribution < 1.29 is 9.32 Å². The topological polar surface area (TPSA) is 106 Å². The van der Waals surface area contributed by atoms with E-state index < -0.39 is 10.6 Å². The molecule has 0 radical (unpaired) electrons. The number of nitrogens with one attached hydrogen (secondary N) is 2. The van der Waals surface area contributed by atoms with Crippen molar-refractivity contribution in [2.24, 2.45) is 4.36 Å². The number of nitrogens with zero attached hydrogens (tertiary/aromatic N) is 5. The lowest BCUT2D eigenvalue weighted by Crippen LogP contribution is -2.45. The average molecular weight is 515 g/mol. The van der Waals surface area contributed by atoms with E-state index in [1.807, 2.05) is 48.7 Å². The van der Waals surface area contributed by atoms with Crippen molar-refractivity contribution in [3.8, 4) is 10.4 Å².